The standard InChI is InChI=1S/C23H20ClN3O5S/c1-13-9-17-21(29)27(15-6-4-5-14(24)10-15)23(30)26(22(17)33-13)12-20(28)25-18-11-16(31-2)7-8-19(18)32-3/h4-11H,12H2,1-3H3,(H,25,28). The summed E-state index contributed by atoms with van der Waals surface area (Å²) in [6.07, 6.45) is 0. The zero-order chi connectivity index (χ0) is 23.7. The lowest BCUT2D eigenvalue weighted by Crippen LogP contribution is -2.40. The number of nitrogens with one attached hydrogen (secondary N) is 1. The first-order valence-corrected chi connectivity index (χ1v) is 11.1. The van der Waals surface area contributed by atoms with Gasteiger partial charge in [-0.3, -0.25) is 14.2 Å². The molecule has 0 saturated heterocycles. The summed E-state index contributed by atoms with van der Waals surface area (Å²) in [5, 5.41) is 3.49. The van der Waals surface area contributed by atoms with E-state index in [1.54, 1.807) is 42.5 Å². The first-order valence-electron chi connectivity index (χ1n) is 9.86. The monoisotopic (exact) mass is 485 g/mol. The third-order valence-electron chi connectivity index (χ3n) is 4.99. The van der Waals surface area contributed by atoms with E-state index in [1.165, 1.54) is 36.2 Å². The summed E-state index contributed by atoms with van der Waals surface area (Å²) >= 11 is 7.36. The normalized spacial score (nSPS) is 10.9. The number of anilines is 1. The van der Waals surface area contributed by atoms with Crippen molar-refractivity contribution in [2.45, 2.75) is 13.5 Å². The van der Waals surface area contributed by atoms with Gasteiger partial charge in [0, 0.05) is 16.0 Å². The second-order valence-electron chi connectivity index (χ2n) is 7.18. The van der Waals surface area contributed by atoms with E-state index < -0.39 is 17.2 Å². The zero-order valence-corrected chi connectivity index (χ0v) is 19.6. The van der Waals surface area contributed by atoms with Gasteiger partial charge in [0.25, 0.3) is 5.56 Å². The van der Waals surface area contributed by atoms with Crippen LogP contribution in [0.15, 0.2) is 58.1 Å². The molecule has 10 heteroatoms. The molecular weight excluding hydrogens is 466 g/mol. The summed E-state index contributed by atoms with van der Waals surface area (Å²) in [5.41, 5.74) is -0.374. The molecule has 2 aromatic heterocycles. The van der Waals surface area contributed by atoms with Crippen LogP contribution in [-0.2, 0) is 11.3 Å². The van der Waals surface area contributed by atoms with Gasteiger partial charge < -0.3 is 14.8 Å². The first-order chi connectivity index (χ1) is 15.8. The number of methoxy groups -OCH3 is 2. The number of carbonyl (C=O) groups is 1. The van der Waals surface area contributed by atoms with Crippen molar-refractivity contribution in [1.29, 1.82) is 0 Å². The Morgan fingerprint density at radius 1 is 1.09 bits per heavy atom. The number of aryl methyl sites for hydroxylation is 1. The molecule has 2 aromatic carbocycles. The lowest BCUT2D eigenvalue weighted by Gasteiger charge is -2.14. The molecule has 170 valence electrons. The molecule has 33 heavy (non-hydrogen) atoms. The highest BCUT2D eigenvalue weighted by atomic mass is 35.5. The predicted octanol–water partition coefficient (Wildman–Crippen LogP) is 3.83. The van der Waals surface area contributed by atoms with Gasteiger partial charge in [0.1, 0.15) is 22.9 Å². The highest BCUT2D eigenvalue weighted by Crippen LogP contribution is 2.29. The summed E-state index contributed by atoms with van der Waals surface area (Å²) in [4.78, 5) is 40.8. The van der Waals surface area contributed by atoms with Crippen molar-refractivity contribution >= 4 is 44.7 Å². The Balaban J connectivity index is 1.81. The van der Waals surface area contributed by atoms with Crippen LogP contribution in [0.2, 0.25) is 5.02 Å². The van der Waals surface area contributed by atoms with Crippen LogP contribution in [0.5, 0.6) is 11.5 Å². The number of thiophene rings is 1. The second-order valence-corrected chi connectivity index (χ2v) is 8.85. The maximum Gasteiger partial charge on any atom is 0.337 e. The van der Waals surface area contributed by atoms with E-state index >= 15 is 0 Å². The van der Waals surface area contributed by atoms with Gasteiger partial charge in [-0.25, -0.2) is 9.36 Å². The van der Waals surface area contributed by atoms with Crippen LogP contribution in [-0.4, -0.2) is 29.3 Å². The number of rotatable bonds is 6. The molecule has 0 unspecified atom stereocenters. The molecular formula is C23H20ClN3O5S. The highest BCUT2D eigenvalue weighted by molar-refractivity contribution is 7.18. The third kappa shape index (κ3) is 4.37. The van der Waals surface area contributed by atoms with E-state index in [0.717, 1.165) is 9.44 Å². The summed E-state index contributed by atoms with van der Waals surface area (Å²) in [6.45, 7) is 1.53. The van der Waals surface area contributed by atoms with E-state index in [0.29, 0.717) is 38.1 Å². The summed E-state index contributed by atoms with van der Waals surface area (Å²) in [7, 11) is 3.00. The Kier molecular flexibility index (Phi) is 6.26. The van der Waals surface area contributed by atoms with Crippen molar-refractivity contribution in [3.05, 3.63) is 79.3 Å². The molecule has 1 N–H and O–H groups in total. The molecule has 4 aromatic rings. The Morgan fingerprint density at radius 2 is 1.88 bits per heavy atom. The molecule has 0 radical (unpaired) electrons. The number of aromatic nitrogens is 2. The fraction of sp³-hybridized carbons (Fsp3) is 0.174. The first kappa shape index (κ1) is 22.6. The predicted molar refractivity (Wildman–Crippen MR) is 130 cm³/mol. The Bertz CT molecular complexity index is 1490. The van der Waals surface area contributed by atoms with Crippen LogP contribution in [0.4, 0.5) is 5.69 Å². The average molecular weight is 486 g/mol. The number of halogens is 1. The molecule has 0 fully saturated rings. The van der Waals surface area contributed by atoms with Crippen molar-refractivity contribution in [1.82, 2.24) is 9.13 Å². The molecule has 4 rings (SSSR count). The molecule has 0 aliphatic heterocycles. The lowest BCUT2D eigenvalue weighted by molar-refractivity contribution is -0.116. The fourth-order valence-electron chi connectivity index (χ4n) is 3.50. The van der Waals surface area contributed by atoms with Gasteiger partial charge in [-0.05, 0) is 43.3 Å². The number of carbonyl (C=O) groups excluding carboxylic acids is 1. The largest absolute Gasteiger partial charge is 0.497 e. The molecule has 0 spiro atoms. The molecule has 0 atom stereocenters. The maximum atomic E-state index is 13.4. The van der Waals surface area contributed by atoms with Gasteiger partial charge in [0.05, 0.1) is 31.0 Å². The minimum atomic E-state index is -0.635. The number of benzene rings is 2. The SMILES string of the molecule is COc1ccc(OC)c(NC(=O)Cn2c(=O)n(-c3cccc(Cl)c3)c(=O)c3cc(C)sc32)c1. The van der Waals surface area contributed by atoms with Crippen molar-refractivity contribution in [2.24, 2.45) is 0 Å². The van der Waals surface area contributed by atoms with Crippen LogP contribution in [0, 0.1) is 6.92 Å². The molecule has 1 amide bonds. The number of nitrogens with zero attached hydrogens (tertiary/aromatic N) is 2. The zero-order valence-electron chi connectivity index (χ0n) is 18.0. The van der Waals surface area contributed by atoms with Crippen LogP contribution < -0.4 is 26.0 Å². The highest BCUT2D eigenvalue weighted by Gasteiger charge is 2.19. The molecule has 8 nitrogen and oxygen atoms in total. The van der Waals surface area contributed by atoms with Crippen molar-refractivity contribution in [2.75, 3.05) is 19.5 Å². The van der Waals surface area contributed by atoms with Crippen molar-refractivity contribution in [3.63, 3.8) is 0 Å². The molecule has 0 saturated carbocycles. The van der Waals surface area contributed by atoms with E-state index in [-0.39, 0.29) is 6.54 Å². The molecule has 0 aliphatic rings. The summed E-state index contributed by atoms with van der Waals surface area (Å²) in [5.74, 6) is 0.513. The minimum Gasteiger partial charge on any atom is -0.497 e. The number of hydrogen-bond donors (Lipinski definition) is 1. The van der Waals surface area contributed by atoms with Crippen molar-refractivity contribution < 1.29 is 14.3 Å². The number of ether oxygens (including phenoxy) is 2. The van der Waals surface area contributed by atoms with Crippen LogP contribution in [0.25, 0.3) is 15.9 Å². The van der Waals surface area contributed by atoms with Gasteiger partial charge in [-0.15, -0.1) is 11.3 Å². The molecule has 2 heterocycles. The maximum absolute atomic E-state index is 13.4. The Morgan fingerprint density at radius 3 is 2.58 bits per heavy atom. The second kappa shape index (κ2) is 9.13. The minimum absolute atomic E-state index is 0.309. The van der Waals surface area contributed by atoms with E-state index in [1.807, 2.05) is 6.92 Å². The average Bonchev–Trinajstić information content (AvgIpc) is 3.18. The quantitative estimate of drug-likeness (QED) is 0.448. The fourth-order valence-corrected chi connectivity index (χ4v) is 4.67. The summed E-state index contributed by atoms with van der Waals surface area (Å²) in [6, 6.07) is 13.2. The Hall–Kier alpha value is -3.56. The number of fused-ring (bicyclic) bond motifs is 1. The van der Waals surface area contributed by atoms with Gasteiger partial charge in [0.15, 0.2) is 0 Å². The number of amides is 1. The molecule has 0 aliphatic carbocycles. The third-order valence-corrected chi connectivity index (χ3v) is 6.29. The smallest absolute Gasteiger partial charge is 0.337 e. The number of hydrogen-bond acceptors (Lipinski definition) is 6. The van der Waals surface area contributed by atoms with Crippen LogP contribution in [0.3, 0.4) is 0 Å². The van der Waals surface area contributed by atoms with Crippen LogP contribution in [0.1, 0.15) is 4.88 Å². The van der Waals surface area contributed by atoms with Gasteiger partial charge >= 0.3 is 5.69 Å². The van der Waals surface area contributed by atoms with Gasteiger partial charge in [-0.1, -0.05) is 17.7 Å². The van der Waals surface area contributed by atoms with Crippen LogP contribution >= 0.6 is 22.9 Å². The van der Waals surface area contributed by atoms with E-state index in [9.17, 15) is 14.4 Å². The van der Waals surface area contributed by atoms with Crippen molar-refractivity contribution in [3.8, 4) is 17.2 Å². The summed E-state index contributed by atoms with van der Waals surface area (Å²) < 4.78 is 12.8. The van der Waals surface area contributed by atoms with E-state index in [2.05, 4.69) is 5.32 Å². The molecule has 0 bridgehead atoms. The van der Waals surface area contributed by atoms with Gasteiger partial charge in [-0.2, -0.15) is 0 Å². The van der Waals surface area contributed by atoms with Gasteiger partial charge in [0.2, 0.25) is 5.91 Å². The van der Waals surface area contributed by atoms with E-state index in [4.69, 9.17) is 21.1 Å². The lowest BCUT2D eigenvalue weighted by atomic mass is 10.2. The Labute approximate surface area is 197 Å². The topological polar surface area (TPSA) is 91.6 Å².